The molecule has 3 fully saturated rings. The Bertz CT molecular complexity index is 1630. The van der Waals surface area contributed by atoms with Gasteiger partial charge in [-0.05, 0) is 80.1 Å². The van der Waals surface area contributed by atoms with Gasteiger partial charge >= 0.3 is 29.1 Å². The predicted octanol–water partition coefficient (Wildman–Crippen LogP) is 7.54. The number of benzene rings is 1. The minimum atomic E-state index is -3.48. The quantitative estimate of drug-likeness (QED) is 0.0705. The van der Waals surface area contributed by atoms with Gasteiger partial charge in [-0.2, -0.15) is 5.06 Å². The predicted molar refractivity (Wildman–Crippen MR) is 228 cm³/mol. The number of nitrogens with one attached hydrogen (secondary N) is 1. The molecule has 13 nitrogen and oxygen atoms in total. The number of aliphatic hydroxyl groups is 1. The molecular weight excluding hydrogens is 779 g/mol. The molecule has 2 saturated heterocycles. The molecule has 4 rings (SSSR count). The summed E-state index contributed by atoms with van der Waals surface area (Å²) >= 11 is 0. The lowest BCUT2D eigenvalue weighted by molar-refractivity contribution is -0.280. The van der Waals surface area contributed by atoms with Crippen LogP contribution in [0.5, 0.6) is 0 Å². The van der Waals surface area contributed by atoms with Crippen molar-refractivity contribution < 1.29 is 46.5 Å². The average Bonchev–Trinajstić information content (AvgIpc) is 3.27. The van der Waals surface area contributed by atoms with Crippen LogP contribution in [0.25, 0.3) is 0 Å². The third kappa shape index (κ3) is 8.61. The highest BCUT2D eigenvalue weighted by molar-refractivity contribution is 6.84. The van der Waals surface area contributed by atoms with Gasteiger partial charge in [0.25, 0.3) is 5.91 Å². The van der Waals surface area contributed by atoms with Gasteiger partial charge in [0.15, 0.2) is 25.2 Å². The summed E-state index contributed by atoms with van der Waals surface area (Å²) < 4.78 is 35.6. The number of ketones is 1. The van der Waals surface area contributed by atoms with E-state index in [-0.39, 0.29) is 52.3 Å². The highest BCUT2D eigenvalue weighted by Crippen LogP contribution is 2.57. The van der Waals surface area contributed by atoms with Crippen LogP contribution in [-0.4, -0.2) is 107 Å². The summed E-state index contributed by atoms with van der Waals surface area (Å²) in [7, 11) is -9.88. The Kier molecular flexibility index (Phi) is 14.0. The molecule has 1 aromatic carbocycles. The number of amides is 1. The number of nitrogens with zero attached hydrogens (tertiary/aromatic N) is 2. The van der Waals surface area contributed by atoms with Crippen LogP contribution in [-0.2, 0) is 36.6 Å². The molecule has 2 aliphatic heterocycles. The number of ether oxygens (including phenoxy) is 1. The second-order valence-electron chi connectivity index (χ2n) is 19.5. The Morgan fingerprint density at radius 1 is 0.912 bits per heavy atom. The van der Waals surface area contributed by atoms with E-state index >= 15 is 4.79 Å². The Balaban J connectivity index is 2.11. The number of β-lactam (4-membered cyclic amide) rings is 1. The van der Waals surface area contributed by atoms with E-state index in [2.05, 4.69) is 65.7 Å². The van der Waals surface area contributed by atoms with Crippen molar-refractivity contribution in [3.8, 4) is 0 Å². The largest absolute Gasteiger partial charge is 0.459 e. The SMILES string of the molecule is CC(C)N=C(NC(C)C)ON1C(=O)CC12C(=O)C(O[Si](C)(C)C(C)(C)C)C(O)(COC(=O)c1ccccc1)C1O[Si](C(C)C)(C(C)C)O[Si](C(C)C)(C(C)C)OC12. The van der Waals surface area contributed by atoms with Gasteiger partial charge in [-0.3, -0.25) is 9.59 Å². The van der Waals surface area contributed by atoms with Crippen LogP contribution in [0.2, 0.25) is 40.3 Å². The van der Waals surface area contributed by atoms with Crippen molar-refractivity contribution in [2.24, 2.45) is 4.99 Å². The van der Waals surface area contributed by atoms with Gasteiger partial charge in [-0.25, -0.2) is 9.79 Å². The number of fused-ring (bicyclic) bond motifs is 2. The zero-order chi connectivity index (χ0) is 43.3. The molecule has 1 spiro atoms. The molecule has 5 atom stereocenters. The maximum Gasteiger partial charge on any atom is 0.338 e. The standard InChI is InChI=1S/C41H71N3O10Si3/c1-25(2)42-38(43-26(3)4)50-44-32(45)23-40(44)33(46)34(51-55(16,17)39(13,14)15)41(48,24-49-37(47)31-21-19-18-20-22-31)36-35(40)52-56(27(5)6,28(7)8)54-57(53-36,29(9)10)30(11)12/h18-22,25-30,34-36,48H,23-24H2,1-17H3,(H,42,43). The number of hydroxylamine groups is 2. The molecule has 1 amide bonds. The molecule has 322 valence electrons. The fourth-order valence-corrected chi connectivity index (χ4v) is 20.5. The number of carbonyl (C=O) groups excluding carboxylic acids is 3. The zero-order valence-corrected chi connectivity index (χ0v) is 40.5. The van der Waals surface area contributed by atoms with E-state index in [1.54, 1.807) is 30.3 Å². The first-order chi connectivity index (χ1) is 26.1. The fourth-order valence-electron chi connectivity index (χ4n) is 7.94. The topological polar surface area (TPSA) is 154 Å². The second kappa shape index (κ2) is 16.9. The van der Waals surface area contributed by atoms with E-state index in [1.165, 1.54) is 0 Å². The Hall–Kier alpha value is -2.45. The number of rotatable bonds is 12. The summed E-state index contributed by atoms with van der Waals surface area (Å²) in [6.07, 6.45) is -4.62. The number of hydrogen-bond acceptors (Lipinski definition) is 11. The molecule has 1 aliphatic carbocycles. The van der Waals surface area contributed by atoms with E-state index in [1.807, 2.05) is 61.6 Å². The van der Waals surface area contributed by atoms with E-state index in [9.17, 15) is 14.7 Å². The smallest absolute Gasteiger partial charge is 0.338 e. The van der Waals surface area contributed by atoms with Crippen LogP contribution in [0.3, 0.4) is 0 Å². The summed E-state index contributed by atoms with van der Waals surface area (Å²) in [4.78, 5) is 54.7. The summed E-state index contributed by atoms with van der Waals surface area (Å²) in [5.41, 5.74) is -4.46. The van der Waals surface area contributed by atoms with Gasteiger partial charge in [0.1, 0.15) is 24.9 Å². The number of aliphatic imine (C=N–C) groups is 1. The molecule has 2 N–H and O–H groups in total. The minimum absolute atomic E-state index is 0.0615. The van der Waals surface area contributed by atoms with Crippen LogP contribution < -0.4 is 5.32 Å². The third-order valence-corrected chi connectivity index (χ3v) is 26.8. The van der Waals surface area contributed by atoms with Crippen LogP contribution >= 0.6 is 0 Å². The molecule has 0 aromatic heterocycles. The lowest BCUT2D eigenvalue weighted by Crippen LogP contribution is -2.86. The van der Waals surface area contributed by atoms with E-state index in [0.29, 0.717) is 0 Å². The van der Waals surface area contributed by atoms with Crippen molar-refractivity contribution in [2.45, 2.75) is 192 Å². The van der Waals surface area contributed by atoms with Gasteiger partial charge in [0, 0.05) is 12.1 Å². The molecular formula is C41H71N3O10Si3. The molecule has 2 heterocycles. The third-order valence-electron chi connectivity index (χ3n) is 12.2. The fraction of sp³-hybridized carbons (Fsp3) is 0.756. The highest BCUT2D eigenvalue weighted by atomic mass is 28.5. The van der Waals surface area contributed by atoms with E-state index in [4.69, 9.17) is 27.0 Å². The molecule has 16 heteroatoms. The number of Topliss-reactive ketones (excluding diaryl/α,β-unsaturated/α-hetero) is 1. The Labute approximate surface area is 344 Å². The first kappa shape index (κ1) is 47.2. The number of hydrogen-bond donors (Lipinski definition) is 2. The lowest BCUT2D eigenvalue weighted by atomic mass is 9.63. The van der Waals surface area contributed by atoms with E-state index < -0.39 is 84.2 Å². The second-order valence-corrected chi connectivity index (χ2v) is 33.1. The number of amidine groups is 1. The summed E-state index contributed by atoms with van der Waals surface area (Å²) in [5, 5.41) is 17.5. The molecule has 3 aliphatic rings. The van der Waals surface area contributed by atoms with Crippen molar-refractivity contribution in [3.05, 3.63) is 35.9 Å². The average molecular weight is 850 g/mol. The number of carbonyl (C=O) groups is 3. The van der Waals surface area contributed by atoms with E-state index in [0.717, 1.165) is 5.06 Å². The van der Waals surface area contributed by atoms with Crippen LogP contribution in [0.1, 0.15) is 121 Å². The van der Waals surface area contributed by atoms with Crippen LogP contribution in [0.4, 0.5) is 0 Å². The molecule has 57 heavy (non-hydrogen) atoms. The van der Waals surface area contributed by atoms with Crippen molar-refractivity contribution in [3.63, 3.8) is 0 Å². The molecule has 0 radical (unpaired) electrons. The summed E-state index contributed by atoms with van der Waals surface area (Å²) in [6.45, 7) is 33.5. The maximum absolute atomic E-state index is 15.9. The molecule has 5 unspecified atom stereocenters. The Morgan fingerprint density at radius 2 is 1.42 bits per heavy atom. The molecule has 1 saturated carbocycles. The molecule has 0 bridgehead atoms. The van der Waals surface area contributed by atoms with Crippen molar-refractivity contribution in [2.75, 3.05) is 6.61 Å². The first-order valence-corrected chi connectivity index (χ1v) is 27.6. The lowest BCUT2D eigenvalue weighted by Gasteiger charge is -2.62. The van der Waals surface area contributed by atoms with Gasteiger partial charge in [0.05, 0.1) is 12.0 Å². The Morgan fingerprint density at radius 3 is 1.86 bits per heavy atom. The zero-order valence-electron chi connectivity index (χ0n) is 37.5. The van der Waals surface area contributed by atoms with Gasteiger partial charge in [-0.1, -0.05) is 94.4 Å². The summed E-state index contributed by atoms with van der Waals surface area (Å²) in [6, 6.07) is 8.19. The monoisotopic (exact) mass is 849 g/mol. The van der Waals surface area contributed by atoms with Crippen LogP contribution in [0, 0.1) is 0 Å². The summed E-state index contributed by atoms with van der Waals surface area (Å²) in [5.74, 6) is -1.78. The normalized spacial score (nSPS) is 28.0. The van der Waals surface area contributed by atoms with Crippen molar-refractivity contribution >= 4 is 49.1 Å². The van der Waals surface area contributed by atoms with Gasteiger partial charge in [-0.15, -0.1) is 0 Å². The molecule has 1 aromatic rings. The van der Waals surface area contributed by atoms with Gasteiger partial charge < -0.3 is 37.4 Å². The first-order valence-electron chi connectivity index (χ1n) is 20.7. The minimum Gasteiger partial charge on any atom is -0.459 e. The highest BCUT2D eigenvalue weighted by Gasteiger charge is 2.79. The maximum atomic E-state index is 15.9. The van der Waals surface area contributed by atoms with Crippen LogP contribution in [0.15, 0.2) is 35.3 Å². The number of esters is 1. The van der Waals surface area contributed by atoms with Gasteiger partial charge in [0.2, 0.25) is 0 Å². The van der Waals surface area contributed by atoms with Crippen molar-refractivity contribution in [1.29, 1.82) is 0 Å². The van der Waals surface area contributed by atoms with Crippen molar-refractivity contribution in [1.82, 2.24) is 10.4 Å².